The van der Waals surface area contributed by atoms with Crippen molar-refractivity contribution >= 4 is 5.97 Å². The number of carbonyl (C=O) groups excluding carboxylic acids is 1. The molecule has 0 rings (SSSR count). The lowest BCUT2D eigenvalue weighted by atomic mass is 9.98. The summed E-state index contributed by atoms with van der Waals surface area (Å²) in [5.41, 5.74) is 0. The molecular weight excluding hydrogens is 424 g/mol. The van der Waals surface area contributed by atoms with Gasteiger partial charge in [0.25, 0.3) is 0 Å². The Hall–Kier alpha value is -0.610. The molecule has 0 aromatic carbocycles. The highest BCUT2D eigenvalue weighted by Gasteiger charge is 2.21. The molecular formula is C30H60O4. The van der Waals surface area contributed by atoms with Gasteiger partial charge < -0.3 is 14.6 Å². The fourth-order valence-electron chi connectivity index (χ4n) is 4.41. The summed E-state index contributed by atoms with van der Waals surface area (Å²) >= 11 is 0. The number of rotatable bonds is 26. The van der Waals surface area contributed by atoms with E-state index in [0.717, 1.165) is 77.2 Å². The van der Waals surface area contributed by atoms with Crippen LogP contribution in [0, 0.1) is 5.92 Å². The van der Waals surface area contributed by atoms with E-state index in [2.05, 4.69) is 27.7 Å². The van der Waals surface area contributed by atoms with E-state index >= 15 is 0 Å². The van der Waals surface area contributed by atoms with E-state index in [1.165, 1.54) is 51.4 Å². The second-order valence-corrected chi connectivity index (χ2v) is 10.3. The standard InChI is InChI=1S/C30H60O4/c1-5-9-12-13-16-19-23-29(34-26-27(8-4)21-10-6-2)28(31)22-18-15-14-17-20-24-30(32)33-25-11-7-3/h27-29,31H,5-26H2,1-4H3. The summed E-state index contributed by atoms with van der Waals surface area (Å²) in [6.45, 7) is 10.2. The lowest BCUT2D eigenvalue weighted by Gasteiger charge is -2.26. The first-order valence-corrected chi connectivity index (χ1v) is 15.0. The number of carbonyl (C=O) groups is 1. The van der Waals surface area contributed by atoms with Crippen LogP contribution in [0.3, 0.4) is 0 Å². The highest BCUT2D eigenvalue weighted by molar-refractivity contribution is 5.69. The SMILES string of the molecule is CCCCCCCCC(OCC(CC)CCCC)C(O)CCCCCCCC(=O)OCCCC. The van der Waals surface area contributed by atoms with Crippen molar-refractivity contribution < 1.29 is 19.4 Å². The van der Waals surface area contributed by atoms with Crippen LogP contribution in [-0.2, 0) is 14.3 Å². The second-order valence-electron chi connectivity index (χ2n) is 10.3. The zero-order valence-electron chi connectivity index (χ0n) is 23.5. The minimum atomic E-state index is -0.354. The van der Waals surface area contributed by atoms with Gasteiger partial charge in [-0.3, -0.25) is 4.79 Å². The lowest BCUT2D eigenvalue weighted by molar-refractivity contribution is -0.143. The van der Waals surface area contributed by atoms with Crippen LogP contribution in [0.1, 0.15) is 156 Å². The topological polar surface area (TPSA) is 55.8 Å². The molecule has 0 spiro atoms. The molecule has 4 nitrogen and oxygen atoms in total. The molecule has 0 amide bonds. The summed E-state index contributed by atoms with van der Waals surface area (Å²) in [6.07, 6.45) is 21.8. The summed E-state index contributed by atoms with van der Waals surface area (Å²) in [7, 11) is 0. The molecule has 3 atom stereocenters. The third kappa shape index (κ3) is 20.7. The normalized spacial score (nSPS) is 14.1. The van der Waals surface area contributed by atoms with Crippen molar-refractivity contribution in [2.45, 2.75) is 168 Å². The van der Waals surface area contributed by atoms with E-state index in [1.807, 2.05) is 0 Å². The Bertz CT molecular complexity index is 426. The summed E-state index contributed by atoms with van der Waals surface area (Å²) in [4.78, 5) is 11.7. The van der Waals surface area contributed by atoms with Gasteiger partial charge in [-0.1, -0.05) is 118 Å². The van der Waals surface area contributed by atoms with E-state index in [0.29, 0.717) is 18.9 Å². The molecule has 3 unspecified atom stereocenters. The van der Waals surface area contributed by atoms with Crippen LogP contribution < -0.4 is 0 Å². The van der Waals surface area contributed by atoms with Crippen LogP contribution in [0.4, 0.5) is 0 Å². The Morgan fingerprint density at radius 3 is 1.91 bits per heavy atom. The van der Waals surface area contributed by atoms with Crippen molar-refractivity contribution in [3.8, 4) is 0 Å². The monoisotopic (exact) mass is 484 g/mol. The first-order chi connectivity index (χ1) is 16.6. The predicted molar refractivity (Wildman–Crippen MR) is 145 cm³/mol. The summed E-state index contributed by atoms with van der Waals surface area (Å²) < 4.78 is 11.6. The molecule has 204 valence electrons. The van der Waals surface area contributed by atoms with E-state index in [9.17, 15) is 9.90 Å². The smallest absolute Gasteiger partial charge is 0.305 e. The van der Waals surface area contributed by atoms with E-state index < -0.39 is 0 Å². The van der Waals surface area contributed by atoms with E-state index in [4.69, 9.17) is 9.47 Å². The van der Waals surface area contributed by atoms with Gasteiger partial charge >= 0.3 is 5.97 Å². The zero-order valence-corrected chi connectivity index (χ0v) is 23.5. The second kappa shape index (κ2) is 25.5. The Labute approximate surface area is 213 Å². The van der Waals surface area contributed by atoms with Gasteiger partial charge in [0.2, 0.25) is 0 Å². The molecule has 0 bridgehead atoms. The van der Waals surface area contributed by atoms with Gasteiger partial charge in [-0.25, -0.2) is 0 Å². The van der Waals surface area contributed by atoms with Crippen LogP contribution in [0.15, 0.2) is 0 Å². The first-order valence-electron chi connectivity index (χ1n) is 15.0. The van der Waals surface area contributed by atoms with Crippen molar-refractivity contribution in [3.05, 3.63) is 0 Å². The third-order valence-electron chi connectivity index (χ3n) is 7.00. The fraction of sp³-hybridized carbons (Fsp3) is 0.967. The Kier molecular flexibility index (Phi) is 25.0. The molecule has 0 aliphatic rings. The summed E-state index contributed by atoms with van der Waals surface area (Å²) in [6, 6.07) is 0. The van der Waals surface area contributed by atoms with Crippen LogP contribution in [0.2, 0.25) is 0 Å². The van der Waals surface area contributed by atoms with Gasteiger partial charge in [0.05, 0.1) is 18.8 Å². The van der Waals surface area contributed by atoms with Crippen molar-refractivity contribution in [3.63, 3.8) is 0 Å². The Morgan fingerprint density at radius 2 is 1.26 bits per heavy atom. The van der Waals surface area contributed by atoms with Crippen LogP contribution >= 0.6 is 0 Å². The van der Waals surface area contributed by atoms with E-state index in [-0.39, 0.29) is 18.2 Å². The van der Waals surface area contributed by atoms with Gasteiger partial charge in [-0.2, -0.15) is 0 Å². The highest BCUT2D eigenvalue weighted by Crippen LogP contribution is 2.20. The van der Waals surface area contributed by atoms with Crippen molar-refractivity contribution in [1.82, 2.24) is 0 Å². The highest BCUT2D eigenvalue weighted by atomic mass is 16.5. The molecule has 4 heteroatoms. The average molecular weight is 485 g/mol. The maximum absolute atomic E-state index is 11.7. The molecule has 34 heavy (non-hydrogen) atoms. The van der Waals surface area contributed by atoms with Gasteiger partial charge in [-0.15, -0.1) is 0 Å². The maximum atomic E-state index is 11.7. The average Bonchev–Trinajstić information content (AvgIpc) is 2.84. The molecule has 0 saturated carbocycles. The third-order valence-corrected chi connectivity index (χ3v) is 7.00. The minimum absolute atomic E-state index is 0.0141. The van der Waals surface area contributed by atoms with Gasteiger partial charge in [0, 0.05) is 13.0 Å². The molecule has 0 heterocycles. The molecule has 0 saturated heterocycles. The Morgan fingerprint density at radius 1 is 0.676 bits per heavy atom. The minimum Gasteiger partial charge on any atom is -0.466 e. The quantitative estimate of drug-likeness (QED) is 0.0984. The first kappa shape index (κ1) is 33.4. The molecule has 0 aromatic heterocycles. The van der Waals surface area contributed by atoms with Crippen LogP contribution in [0.5, 0.6) is 0 Å². The lowest BCUT2D eigenvalue weighted by Crippen LogP contribution is -2.31. The number of unbranched alkanes of at least 4 members (excludes halogenated alkanes) is 11. The number of hydrogen-bond donors (Lipinski definition) is 1. The number of hydrogen-bond acceptors (Lipinski definition) is 4. The predicted octanol–water partition coefficient (Wildman–Crippen LogP) is 8.77. The summed E-state index contributed by atoms with van der Waals surface area (Å²) in [5.74, 6) is 0.566. The molecule has 0 radical (unpaired) electrons. The molecule has 0 fully saturated rings. The van der Waals surface area contributed by atoms with Gasteiger partial charge in [0.1, 0.15) is 0 Å². The largest absolute Gasteiger partial charge is 0.466 e. The molecule has 0 aliphatic heterocycles. The van der Waals surface area contributed by atoms with Crippen LogP contribution in [-0.4, -0.2) is 36.5 Å². The zero-order chi connectivity index (χ0) is 25.3. The van der Waals surface area contributed by atoms with Gasteiger partial charge in [-0.05, 0) is 38.0 Å². The van der Waals surface area contributed by atoms with Gasteiger partial charge in [0.15, 0.2) is 0 Å². The van der Waals surface area contributed by atoms with E-state index in [1.54, 1.807) is 0 Å². The number of ether oxygens (including phenoxy) is 2. The van der Waals surface area contributed by atoms with Crippen molar-refractivity contribution in [2.75, 3.05) is 13.2 Å². The maximum Gasteiger partial charge on any atom is 0.305 e. The summed E-state index contributed by atoms with van der Waals surface area (Å²) in [5, 5.41) is 10.9. The number of aliphatic hydroxyl groups is 1. The molecule has 0 aliphatic carbocycles. The van der Waals surface area contributed by atoms with Crippen molar-refractivity contribution in [1.29, 1.82) is 0 Å². The Balaban J connectivity index is 4.20. The van der Waals surface area contributed by atoms with Crippen molar-refractivity contribution in [2.24, 2.45) is 5.92 Å². The fourth-order valence-corrected chi connectivity index (χ4v) is 4.41. The molecule has 1 N–H and O–H groups in total. The number of aliphatic hydroxyl groups excluding tert-OH is 1. The number of esters is 1. The van der Waals surface area contributed by atoms with Crippen LogP contribution in [0.25, 0.3) is 0 Å². The molecule has 0 aromatic rings.